The van der Waals surface area contributed by atoms with Gasteiger partial charge in [0.1, 0.15) is 0 Å². The number of nitrogens with zero attached hydrogens (tertiary/aromatic N) is 1. The number of rotatable bonds is 6. The number of para-hydroxylation sites is 1. The number of allylic oxidation sites excluding steroid dienone is 2. The van der Waals surface area contributed by atoms with Gasteiger partial charge in [-0.05, 0) is 49.8 Å². The van der Waals surface area contributed by atoms with E-state index >= 15 is 0 Å². The van der Waals surface area contributed by atoms with Crippen LogP contribution in [0, 0.1) is 11.8 Å². The SMILES string of the molecule is NC(=O)[C@H]1CCCN(Cc2ccccc2NC(=O)C[C@@H]2C=CCC2)C1. The summed E-state index contributed by atoms with van der Waals surface area (Å²) in [7, 11) is 0. The number of nitrogens with two attached hydrogens (primary N) is 1. The molecule has 0 unspecified atom stereocenters. The van der Waals surface area contributed by atoms with Crippen molar-refractivity contribution < 1.29 is 9.59 Å². The van der Waals surface area contributed by atoms with E-state index in [2.05, 4.69) is 22.4 Å². The number of nitrogens with one attached hydrogen (secondary N) is 1. The van der Waals surface area contributed by atoms with Crippen LogP contribution < -0.4 is 11.1 Å². The van der Waals surface area contributed by atoms with Crippen molar-refractivity contribution in [1.29, 1.82) is 0 Å². The molecule has 3 rings (SSSR count). The number of amides is 2. The van der Waals surface area contributed by atoms with Gasteiger partial charge in [-0.2, -0.15) is 0 Å². The van der Waals surface area contributed by atoms with Gasteiger partial charge in [0.25, 0.3) is 0 Å². The van der Waals surface area contributed by atoms with Crippen molar-refractivity contribution in [3.8, 4) is 0 Å². The van der Waals surface area contributed by atoms with Crippen LogP contribution in [-0.4, -0.2) is 29.8 Å². The molecular formula is C20H27N3O2. The summed E-state index contributed by atoms with van der Waals surface area (Å²) in [6.07, 6.45) is 8.83. The van der Waals surface area contributed by atoms with Crippen LogP contribution in [0.4, 0.5) is 5.69 Å². The van der Waals surface area contributed by atoms with Gasteiger partial charge in [-0.3, -0.25) is 14.5 Å². The van der Waals surface area contributed by atoms with E-state index in [4.69, 9.17) is 5.73 Å². The Hall–Kier alpha value is -2.14. The predicted molar refractivity (Wildman–Crippen MR) is 98.7 cm³/mol. The molecule has 0 saturated carbocycles. The second kappa shape index (κ2) is 8.30. The van der Waals surface area contributed by atoms with Gasteiger partial charge in [0.15, 0.2) is 0 Å². The van der Waals surface area contributed by atoms with Crippen LogP contribution in [0.5, 0.6) is 0 Å². The number of hydrogen-bond acceptors (Lipinski definition) is 3. The van der Waals surface area contributed by atoms with E-state index in [0.29, 0.717) is 18.9 Å². The van der Waals surface area contributed by atoms with Gasteiger partial charge >= 0.3 is 0 Å². The molecule has 3 N–H and O–H groups in total. The summed E-state index contributed by atoms with van der Waals surface area (Å²) in [6, 6.07) is 7.92. The van der Waals surface area contributed by atoms with Crippen molar-refractivity contribution in [1.82, 2.24) is 4.90 Å². The highest BCUT2D eigenvalue weighted by Crippen LogP contribution is 2.24. The highest BCUT2D eigenvalue weighted by Gasteiger charge is 2.24. The fourth-order valence-electron chi connectivity index (χ4n) is 3.76. The van der Waals surface area contributed by atoms with Gasteiger partial charge in [-0.15, -0.1) is 0 Å². The summed E-state index contributed by atoms with van der Waals surface area (Å²) in [4.78, 5) is 26.1. The maximum atomic E-state index is 12.3. The molecule has 0 radical (unpaired) electrons. The minimum absolute atomic E-state index is 0.0651. The van der Waals surface area contributed by atoms with E-state index in [0.717, 1.165) is 50.0 Å². The second-order valence-corrected chi connectivity index (χ2v) is 7.15. The predicted octanol–water partition coefficient (Wildman–Crippen LogP) is 2.68. The normalized spacial score (nSPS) is 23.5. The Morgan fingerprint density at radius 3 is 2.84 bits per heavy atom. The zero-order chi connectivity index (χ0) is 17.6. The molecule has 5 heteroatoms. The van der Waals surface area contributed by atoms with Crippen molar-refractivity contribution in [2.45, 2.75) is 38.6 Å². The number of primary amides is 1. The molecule has 0 aromatic heterocycles. The molecule has 1 saturated heterocycles. The van der Waals surface area contributed by atoms with Crippen molar-refractivity contribution in [3.05, 3.63) is 42.0 Å². The molecular weight excluding hydrogens is 314 g/mol. The number of carbonyl (C=O) groups excluding carboxylic acids is 2. The first-order chi connectivity index (χ1) is 12.1. The van der Waals surface area contributed by atoms with Crippen molar-refractivity contribution in [2.75, 3.05) is 18.4 Å². The summed E-state index contributed by atoms with van der Waals surface area (Å²) >= 11 is 0. The van der Waals surface area contributed by atoms with E-state index in [1.807, 2.05) is 24.3 Å². The first kappa shape index (κ1) is 17.7. The number of carbonyl (C=O) groups is 2. The van der Waals surface area contributed by atoms with Gasteiger partial charge < -0.3 is 11.1 Å². The Bertz CT molecular complexity index is 656. The molecule has 2 atom stereocenters. The zero-order valence-corrected chi connectivity index (χ0v) is 14.6. The third-order valence-electron chi connectivity index (χ3n) is 5.15. The number of likely N-dealkylation sites (tertiary alicyclic amines) is 1. The van der Waals surface area contributed by atoms with Crippen LogP contribution in [0.1, 0.15) is 37.7 Å². The van der Waals surface area contributed by atoms with Crippen LogP contribution >= 0.6 is 0 Å². The standard InChI is InChI=1S/C20H27N3O2/c21-20(25)17-9-5-11-23(14-17)13-16-8-3-4-10-18(16)22-19(24)12-15-6-1-2-7-15/h1,3-4,6,8,10,15,17H,2,5,7,9,11-14H2,(H2,21,25)(H,22,24)/t15-,17+/m1/s1. The second-order valence-electron chi connectivity index (χ2n) is 7.15. The Balaban J connectivity index is 1.61. The number of hydrogen-bond donors (Lipinski definition) is 2. The molecule has 134 valence electrons. The van der Waals surface area contributed by atoms with Crippen LogP contribution in [0.2, 0.25) is 0 Å². The number of piperidine rings is 1. The number of benzene rings is 1. The third-order valence-corrected chi connectivity index (χ3v) is 5.15. The van der Waals surface area contributed by atoms with Crippen molar-refractivity contribution in [2.24, 2.45) is 17.6 Å². The molecule has 2 amide bonds. The number of anilines is 1. The fraction of sp³-hybridized carbons (Fsp3) is 0.500. The first-order valence-corrected chi connectivity index (χ1v) is 9.18. The largest absolute Gasteiger partial charge is 0.369 e. The van der Waals surface area contributed by atoms with E-state index in [1.165, 1.54) is 0 Å². The van der Waals surface area contributed by atoms with E-state index < -0.39 is 0 Å². The smallest absolute Gasteiger partial charge is 0.224 e. The third kappa shape index (κ3) is 4.92. The lowest BCUT2D eigenvalue weighted by Crippen LogP contribution is -2.40. The van der Waals surface area contributed by atoms with Crippen LogP contribution in [0.15, 0.2) is 36.4 Å². The lowest BCUT2D eigenvalue weighted by atomic mass is 9.97. The molecule has 1 aliphatic heterocycles. The van der Waals surface area contributed by atoms with Crippen LogP contribution in [0.25, 0.3) is 0 Å². The van der Waals surface area contributed by atoms with Crippen molar-refractivity contribution in [3.63, 3.8) is 0 Å². The van der Waals surface area contributed by atoms with Gasteiger partial charge in [0.05, 0.1) is 5.92 Å². The Kier molecular flexibility index (Phi) is 5.87. The summed E-state index contributed by atoms with van der Waals surface area (Å²) in [5.41, 5.74) is 7.43. The average Bonchev–Trinajstić information content (AvgIpc) is 3.10. The summed E-state index contributed by atoms with van der Waals surface area (Å²) in [6.45, 7) is 2.38. The lowest BCUT2D eigenvalue weighted by molar-refractivity contribution is -0.123. The molecule has 1 aromatic rings. The van der Waals surface area contributed by atoms with E-state index in [1.54, 1.807) is 0 Å². The zero-order valence-electron chi connectivity index (χ0n) is 14.6. The van der Waals surface area contributed by atoms with Gasteiger partial charge in [-0.25, -0.2) is 0 Å². The molecule has 25 heavy (non-hydrogen) atoms. The quantitative estimate of drug-likeness (QED) is 0.781. The molecule has 0 bridgehead atoms. The highest BCUT2D eigenvalue weighted by atomic mass is 16.2. The summed E-state index contributed by atoms with van der Waals surface area (Å²) < 4.78 is 0. The Morgan fingerprint density at radius 1 is 1.24 bits per heavy atom. The summed E-state index contributed by atoms with van der Waals surface area (Å²) in [5.74, 6) is 0.156. The van der Waals surface area contributed by atoms with Crippen molar-refractivity contribution >= 4 is 17.5 Å². The van der Waals surface area contributed by atoms with Crippen LogP contribution in [-0.2, 0) is 16.1 Å². The molecule has 0 spiro atoms. The fourth-order valence-corrected chi connectivity index (χ4v) is 3.76. The molecule has 1 fully saturated rings. The first-order valence-electron chi connectivity index (χ1n) is 9.18. The maximum Gasteiger partial charge on any atom is 0.224 e. The molecule has 1 aliphatic carbocycles. The summed E-state index contributed by atoms with van der Waals surface area (Å²) in [5, 5.41) is 3.07. The molecule has 1 aromatic carbocycles. The van der Waals surface area contributed by atoms with E-state index in [-0.39, 0.29) is 17.7 Å². The monoisotopic (exact) mass is 341 g/mol. The maximum absolute atomic E-state index is 12.3. The Morgan fingerprint density at radius 2 is 2.08 bits per heavy atom. The molecule has 2 aliphatic rings. The minimum atomic E-state index is -0.212. The molecule has 5 nitrogen and oxygen atoms in total. The topological polar surface area (TPSA) is 75.4 Å². The highest BCUT2D eigenvalue weighted by molar-refractivity contribution is 5.91. The van der Waals surface area contributed by atoms with Gasteiger partial charge in [-0.1, -0.05) is 30.4 Å². The van der Waals surface area contributed by atoms with Crippen LogP contribution in [0.3, 0.4) is 0 Å². The Labute approximate surface area is 149 Å². The van der Waals surface area contributed by atoms with Gasteiger partial charge in [0.2, 0.25) is 11.8 Å². The average molecular weight is 341 g/mol. The van der Waals surface area contributed by atoms with E-state index in [9.17, 15) is 9.59 Å². The molecule has 1 heterocycles. The minimum Gasteiger partial charge on any atom is -0.369 e. The lowest BCUT2D eigenvalue weighted by Gasteiger charge is -2.31. The van der Waals surface area contributed by atoms with Gasteiger partial charge in [0, 0.05) is 25.2 Å².